The first-order valence-corrected chi connectivity index (χ1v) is 7.07. The van der Waals surface area contributed by atoms with Crippen LogP contribution >= 0.6 is 11.8 Å². The molecule has 2 N–H and O–H groups in total. The molecule has 1 aliphatic rings. The number of pyridine rings is 1. The zero-order valence-corrected chi connectivity index (χ0v) is 10.7. The Balaban J connectivity index is 2.00. The summed E-state index contributed by atoms with van der Waals surface area (Å²) in [5, 5.41) is 1.15. The van der Waals surface area contributed by atoms with Gasteiger partial charge in [0.15, 0.2) is 0 Å². The van der Waals surface area contributed by atoms with Crippen molar-refractivity contribution in [3.05, 3.63) is 23.4 Å². The minimum absolute atomic E-state index is 0.604. The molecule has 0 aliphatic heterocycles. The third-order valence-electron chi connectivity index (χ3n) is 3.39. The van der Waals surface area contributed by atoms with E-state index in [1.807, 2.05) is 24.0 Å². The van der Waals surface area contributed by atoms with Gasteiger partial charge in [-0.1, -0.05) is 12.8 Å². The van der Waals surface area contributed by atoms with Crippen LogP contribution in [0.5, 0.6) is 0 Å². The Bertz CT molecular complexity index is 346. The van der Waals surface area contributed by atoms with Crippen molar-refractivity contribution in [3.8, 4) is 0 Å². The molecule has 1 aromatic heterocycles. The van der Waals surface area contributed by atoms with Gasteiger partial charge in [-0.15, -0.1) is 11.8 Å². The van der Waals surface area contributed by atoms with Gasteiger partial charge in [0.2, 0.25) is 0 Å². The van der Waals surface area contributed by atoms with Crippen LogP contribution in [0.1, 0.15) is 36.8 Å². The summed E-state index contributed by atoms with van der Waals surface area (Å²) in [6.07, 6.45) is 7.52. The monoisotopic (exact) mass is 236 g/mol. The van der Waals surface area contributed by atoms with Crippen molar-refractivity contribution in [2.75, 3.05) is 5.75 Å². The number of nitrogens with zero attached hydrogens (tertiary/aromatic N) is 1. The standard InChI is InChI=1S/C13H20N2S/c1-10-6-7-15-13(12(10)8-14)16-9-11-4-2-3-5-11/h6-7,11H,2-5,8-9,14H2,1H3. The van der Waals surface area contributed by atoms with E-state index in [1.165, 1.54) is 42.6 Å². The van der Waals surface area contributed by atoms with Gasteiger partial charge in [-0.05, 0) is 37.3 Å². The largest absolute Gasteiger partial charge is 0.326 e. The first-order chi connectivity index (χ1) is 7.81. The summed E-state index contributed by atoms with van der Waals surface area (Å²) in [5.41, 5.74) is 8.28. The van der Waals surface area contributed by atoms with Crippen molar-refractivity contribution >= 4 is 11.8 Å². The van der Waals surface area contributed by atoms with Gasteiger partial charge >= 0.3 is 0 Å². The Morgan fingerprint density at radius 2 is 2.19 bits per heavy atom. The van der Waals surface area contributed by atoms with E-state index in [2.05, 4.69) is 11.9 Å². The van der Waals surface area contributed by atoms with E-state index in [0.717, 1.165) is 10.9 Å². The van der Waals surface area contributed by atoms with Gasteiger partial charge in [-0.2, -0.15) is 0 Å². The average molecular weight is 236 g/mol. The van der Waals surface area contributed by atoms with Gasteiger partial charge in [0.25, 0.3) is 0 Å². The second kappa shape index (κ2) is 5.69. The maximum Gasteiger partial charge on any atom is 0.101 e. The average Bonchev–Trinajstić information content (AvgIpc) is 2.79. The van der Waals surface area contributed by atoms with Crippen LogP contribution in [-0.2, 0) is 6.54 Å². The third kappa shape index (κ3) is 2.77. The fraction of sp³-hybridized carbons (Fsp3) is 0.615. The molecule has 0 aromatic carbocycles. The first-order valence-electron chi connectivity index (χ1n) is 6.08. The number of hydrogen-bond acceptors (Lipinski definition) is 3. The van der Waals surface area contributed by atoms with Gasteiger partial charge in [0.05, 0.1) is 0 Å². The smallest absolute Gasteiger partial charge is 0.101 e. The molecular formula is C13H20N2S. The van der Waals surface area contributed by atoms with E-state index < -0.39 is 0 Å². The predicted molar refractivity (Wildman–Crippen MR) is 69.5 cm³/mol. The Morgan fingerprint density at radius 3 is 2.88 bits per heavy atom. The third-order valence-corrected chi connectivity index (χ3v) is 4.65. The summed E-state index contributed by atoms with van der Waals surface area (Å²) in [6, 6.07) is 2.04. The van der Waals surface area contributed by atoms with Crippen molar-refractivity contribution in [3.63, 3.8) is 0 Å². The van der Waals surface area contributed by atoms with Gasteiger partial charge in [-0.3, -0.25) is 0 Å². The molecular weight excluding hydrogens is 216 g/mol. The van der Waals surface area contributed by atoms with Crippen LogP contribution in [-0.4, -0.2) is 10.7 Å². The lowest BCUT2D eigenvalue weighted by molar-refractivity contribution is 0.622. The number of aromatic nitrogens is 1. The molecule has 2 rings (SSSR count). The predicted octanol–water partition coefficient (Wildman–Crippen LogP) is 3.13. The Labute approximate surface area is 102 Å². The SMILES string of the molecule is Cc1ccnc(SCC2CCCC2)c1CN. The Kier molecular flexibility index (Phi) is 4.24. The number of hydrogen-bond donors (Lipinski definition) is 1. The van der Waals surface area contributed by atoms with Crippen LogP contribution < -0.4 is 5.73 Å². The van der Waals surface area contributed by atoms with Crippen molar-refractivity contribution < 1.29 is 0 Å². The lowest BCUT2D eigenvalue weighted by Crippen LogP contribution is -2.04. The molecule has 0 bridgehead atoms. The van der Waals surface area contributed by atoms with Crippen molar-refractivity contribution in [1.82, 2.24) is 4.98 Å². The van der Waals surface area contributed by atoms with E-state index in [4.69, 9.17) is 5.73 Å². The molecule has 0 unspecified atom stereocenters. The van der Waals surface area contributed by atoms with Crippen LogP contribution in [0.15, 0.2) is 17.3 Å². The number of rotatable bonds is 4. The summed E-state index contributed by atoms with van der Waals surface area (Å²) in [6.45, 7) is 2.72. The number of aryl methyl sites for hydroxylation is 1. The molecule has 0 saturated heterocycles. The normalized spacial score (nSPS) is 16.9. The van der Waals surface area contributed by atoms with E-state index in [9.17, 15) is 0 Å². The van der Waals surface area contributed by atoms with Crippen LogP contribution in [0.25, 0.3) is 0 Å². The summed E-state index contributed by atoms with van der Waals surface area (Å²) < 4.78 is 0. The molecule has 3 heteroatoms. The number of thioether (sulfide) groups is 1. The van der Waals surface area contributed by atoms with Gasteiger partial charge in [0.1, 0.15) is 5.03 Å². The van der Waals surface area contributed by atoms with Crippen LogP contribution in [0, 0.1) is 12.8 Å². The van der Waals surface area contributed by atoms with Crippen LogP contribution in [0.3, 0.4) is 0 Å². The Morgan fingerprint density at radius 1 is 1.44 bits per heavy atom. The molecule has 0 spiro atoms. The highest BCUT2D eigenvalue weighted by atomic mass is 32.2. The van der Waals surface area contributed by atoms with Crippen LogP contribution in [0.2, 0.25) is 0 Å². The van der Waals surface area contributed by atoms with Gasteiger partial charge < -0.3 is 5.73 Å². The zero-order valence-electron chi connectivity index (χ0n) is 9.91. The van der Waals surface area contributed by atoms with E-state index in [0.29, 0.717) is 6.54 Å². The Hall–Kier alpha value is -0.540. The maximum absolute atomic E-state index is 5.78. The molecule has 0 atom stereocenters. The minimum atomic E-state index is 0.604. The first kappa shape index (κ1) is 11.9. The summed E-state index contributed by atoms with van der Waals surface area (Å²) in [5.74, 6) is 2.11. The quantitative estimate of drug-likeness (QED) is 0.816. The fourth-order valence-corrected chi connectivity index (χ4v) is 3.59. The van der Waals surface area contributed by atoms with Crippen molar-refractivity contribution in [1.29, 1.82) is 0 Å². The lowest BCUT2D eigenvalue weighted by Gasteiger charge is -2.11. The summed E-state index contributed by atoms with van der Waals surface area (Å²) in [7, 11) is 0. The molecule has 1 aromatic rings. The highest BCUT2D eigenvalue weighted by Crippen LogP contribution is 2.31. The van der Waals surface area contributed by atoms with Gasteiger partial charge in [-0.25, -0.2) is 4.98 Å². The molecule has 1 heterocycles. The van der Waals surface area contributed by atoms with Crippen LogP contribution in [0.4, 0.5) is 0 Å². The van der Waals surface area contributed by atoms with Crippen molar-refractivity contribution in [2.45, 2.75) is 44.2 Å². The highest BCUT2D eigenvalue weighted by Gasteiger charge is 2.16. The van der Waals surface area contributed by atoms with Crippen molar-refractivity contribution in [2.24, 2.45) is 11.7 Å². The fourth-order valence-electron chi connectivity index (χ4n) is 2.31. The molecule has 16 heavy (non-hydrogen) atoms. The number of nitrogens with two attached hydrogens (primary N) is 1. The lowest BCUT2D eigenvalue weighted by atomic mass is 10.1. The highest BCUT2D eigenvalue weighted by molar-refractivity contribution is 7.99. The molecule has 1 fully saturated rings. The van der Waals surface area contributed by atoms with E-state index >= 15 is 0 Å². The molecule has 1 saturated carbocycles. The maximum atomic E-state index is 5.78. The molecule has 0 radical (unpaired) electrons. The summed E-state index contributed by atoms with van der Waals surface area (Å²) in [4.78, 5) is 4.45. The molecule has 1 aliphatic carbocycles. The molecule has 0 amide bonds. The second-order valence-corrected chi connectivity index (χ2v) is 5.59. The molecule has 2 nitrogen and oxygen atoms in total. The van der Waals surface area contributed by atoms with Gasteiger partial charge in [0, 0.05) is 24.1 Å². The van der Waals surface area contributed by atoms with E-state index in [1.54, 1.807) is 0 Å². The second-order valence-electron chi connectivity index (χ2n) is 4.58. The topological polar surface area (TPSA) is 38.9 Å². The zero-order chi connectivity index (χ0) is 11.4. The summed E-state index contributed by atoms with van der Waals surface area (Å²) >= 11 is 1.89. The van der Waals surface area contributed by atoms with E-state index in [-0.39, 0.29) is 0 Å². The minimum Gasteiger partial charge on any atom is -0.326 e. The molecule has 88 valence electrons.